The summed E-state index contributed by atoms with van der Waals surface area (Å²) in [5.74, 6) is -1.55. The molecule has 0 unspecified atom stereocenters. The van der Waals surface area contributed by atoms with E-state index in [-0.39, 0.29) is 11.8 Å². The predicted molar refractivity (Wildman–Crippen MR) is 115 cm³/mol. The van der Waals surface area contributed by atoms with Gasteiger partial charge >= 0.3 is 12.1 Å². The van der Waals surface area contributed by atoms with Crippen LogP contribution in [0.1, 0.15) is 25.7 Å². The molecule has 3 aliphatic rings. The average molecular weight is 508 g/mol. The van der Waals surface area contributed by atoms with Crippen molar-refractivity contribution in [2.75, 3.05) is 43.9 Å². The minimum absolute atomic E-state index is 0.0631. The van der Waals surface area contributed by atoms with Gasteiger partial charge in [0.05, 0.1) is 11.7 Å². The highest BCUT2D eigenvalue weighted by molar-refractivity contribution is 7.88. The number of amides is 1. The van der Waals surface area contributed by atoms with Crippen molar-refractivity contribution in [2.24, 2.45) is 17.3 Å². The van der Waals surface area contributed by atoms with Crippen molar-refractivity contribution in [2.45, 2.75) is 31.9 Å². The number of carboxylic acids is 1. The van der Waals surface area contributed by atoms with Gasteiger partial charge in [0.1, 0.15) is 0 Å². The van der Waals surface area contributed by atoms with Gasteiger partial charge in [-0.2, -0.15) is 13.2 Å². The summed E-state index contributed by atoms with van der Waals surface area (Å²) >= 11 is 0. The largest absolute Gasteiger partial charge is 0.490 e. The van der Waals surface area contributed by atoms with Crippen LogP contribution in [0, 0.1) is 17.3 Å². The standard InChI is InChI=1S/C18H27N5O3S.C2HF3O2/c1-27(25,26)23-9-2-6-18(16(24)21-10-14-4-5-14)13-22(11-15(18)12-23)17-19-7-3-8-20-17;3-2(4,5)1(6)7/h3,7-8,14-15H,2,4-6,9-13H2,1H3,(H,21,24);(H,6,7)/t15-,18+;/m1./s1. The van der Waals surface area contributed by atoms with Crippen LogP contribution in [0.4, 0.5) is 19.1 Å². The van der Waals surface area contributed by atoms with Gasteiger partial charge in [0.25, 0.3) is 0 Å². The zero-order chi connectivity index (χ0) is 25.1. The fraction of sp³-hybridized carbons (Fsp3) is 0.700. The van der Waals surface area contributed by atoms with E-state index in [0.717, 1.165) is 6.54 Å². The molecule has 2 N–H and O–H groups in total. The van der Waals surface area contributed by atoms with Crippen molar-refractivity contribution in [1.29, 1.82) is 0 Å². The Labute approximate surface area is 195 Å². The van der Waals surface area contributed by atoms with E-state index in [2.05, 4.69) is 15.3 Å². The van der Waals surface area contributed by atoms with Crippen LogP contribution in [0.15, 0.2) is 18.5 Å². The molecule has 1 aromatic heterocycles. The van der Waals surface area contributed by atoms with Gasteiger partial charge in [0.2, 0.25) is 21.9 Å². The Hall–Kier alpha value is -2.48. The quantitative estimate of drug-likeness (QED) is 0.606. The Kier molecular flexibility index (Phi) is 7.70. The molecule has 1 amide bonds. The summed E-state index contributed by atoms with van der Waals surface area (Å²) in [6.07, 6.45) is 3.29. The number of fused-ring (bicyclic) bond motifs is 1. The Morgan fingerprint density at radius 3 is 2.38 bits per heavy atom. The lowest BCUT2D eigenvalue weighted by Gasteiger charge is -2.32. The van der Waals surface area contributed by atoms with Crippen LogP contribution < -0.4 is 10.2 Å². The molecule has 4 rings (SSSR count). The zero-order valence-electron chi connectivity index (χ0n) is 18.7. The first-order valence-electron chi connectivity index (χ1n) is 10.9. The van der Waals surface area contributed by atoms with Gasteiger partial charge in [-0.3, -0.25) is 4.79 Å². The number of hydrogen-bond donors (Lipinski definition) is 2. The van der Waals surface area contributed by atoms with E-state index in [1.165, 1.54) is 23.4 Å². The summed E-state index contributed by atoms with van der Waals surface area (Å²) in [6.45, 7) is 2.71. The molecule has 1 saturated carbocycles. The maximum atomic E-state index is 13.3. The molecule has 0 aromatic carbocycles. The van der Waals surface area contributed by atoms with E-state index >= 15 is 0 Å². The molecule has 0 bridgehead atoms. The lowest BCUT2D eigenvalue weighted by atomic mass is 9.74. The number of carbonyl (C=O) groups is 2. The van der Waals surface area contributed by atoms with E-state index in [4.69, 9.17) is 9.90 Å². The molecular formula is C20H28F3N5O5S. The molecule has 1 aromatic rings. The molecule has 10 nitrogen and oxygen atoms in total. The SMILES string of the molecule is CS(=O)(=O)N1CCC[C@]2(C(=O)NCC3CC3)CN(c3ncccn3)C[C@@H]2C1.O=C(O)C(F)(F)F. The number of hydrogen-bond acceptors (Lipinski definition) is 7. The number of rotatable bonds is 5. The summed E-state index contributed by atoms with van der Waals surface area (Å²) < 4.78 is 57.6. The number of carbonyl (C=O) groups excluding carboxylic acids is 1. The highest BCUT2D eigenvalue weighted by Gasteiger charge is 2.54. The minimum Gasteiger partial charge on any atom is -0.475 e. The first-order valence-corrected chi connectivity index (χ1v) is 12.7. The van der Waals surface area contributed by atoms with Crippen LogP contribution in [-0.4, -0.2) is 84.8 Å². The van der Waals surface area contributed by atoms with Gasteiger partial charge in [0.15, 0.2) is 0 Å². The second-order valence-corrected chi connectivity index (χ2v) is 10.9. The number of halogens is 3. The first kappa shape index (κ1) is 26.1. The molecule has 190 valence electrons. The number of anilines is 1. The van der Waals surface area contributed by atoms with Gasteiger partial charge in [-0.05, 0) is 37.7 Å². The van der Waals surface area contributed by atoms with Crippen molar-refractivity contribution in [3.8, 4) is 0 Å². The molecule has 3 fully saturated rings. The third-order valence-corrected chi connectivity index (χ3v) is 7.67. The van der Waals surface area contributed by atoms with Crippen molar-refractivity contribution in [3.63, 3.8) is 0 Å². The maximum Gasteiger partial charge on any atom is 0.490 e. The van der Waals surface area contributed by atoms with Crippen LogP contribution >= 0.6 is 0 Å². The topological polar surface area (TPSA) is 133 Å². The molecule has 0 radical (unpaired) electrons. The molecule has 2 atom stereocenters. The predicted octanol–water partition coefficient (Wildman–Crippen LogP) is 1.11. The molecule has 14 heteroatoms. The number of sulfonamides is 1. The van der Waals surface area contributed by atoms with Crippen LogP contribution in [0.2, 0.25) is 0 Å². The van der Waals surface area contributed by atoms with Gasteiger partial charge in [0, 0.05) is 51.0 Å². The van der Waals surface area contributed by atoms with Gasteiger partial charge in [-0.1, -0.05) is 0 Å². The number of nitrogens with one attached hydrogen (secondary N) is 1. The number of nitrogens with zero attached hydrogens (tertiary/aromatic N) is 4. The maximum absolute atomic E-state index is 13.3. The highest BCUT2D eigenvalue weighted by atomic mass is 32.2. The minimum atomic E-state index is -5.08. The van der Waals surface area contributed by atoms with E-state index in [1.54, 1.807) is 18.5 Å². The molecule has 3 heterocycles. The molecule has 1 aliphatic carbocycles. The van der Waals surface area contributed by atoms with Crippen LogP contribution in [-0.2, 0) is 19.6 Å². The van der Waals surface area contributed by atoms with E-state index in [0.29, 0.717) is 50.9 Å². The molecule has 0 spiro atoms. The smallest absolute Gasteiger partial charge is 0.475 e. The Morgan fingerprint density at radius 2 is 1.85 bits per heavy atom. The lowest BCUT2D eigenvalue weighted by molar-refractivity contribution is -0.192. The highest BCUT2D eigenvalue weighted by Crippen LogP contribution is 2.44. The fourth-order valence-electron chi connectivity index (χ4n) is 4.41. The van der Waals surface area contributed by atoms with E-state index in [9.17, 15) is 26.4 Å². The summed E-state index contributed by atoms with van der Waals surface area (Å²) in [5, 5.41) is 10.3. The van der Waals surface area contributed by atoms with Gasteiger partial charge in [-0.25, -0.2) is 27.5 Å². The lowest BCUT2D eigenvalue weighted by Crippen LogP contribution is -2.48. The molecular weight excluding hydrogens is 479 g/mol. The second kappa shape index (κ2) is 10.0. The first-order chi connectivity index (χ1) is 15.8. The monoisotopic (exact) mass is 507 g/mol. The summed E-state index contributed by atoms with van der Waals surface area (Å²) in [6, 6.07) is 1.77. The average Bonchev–Trinajstić information content (AvgIpc) is 3.54. The molecule has 2 aliphatic heterocycles. The van der Waals surface area contributed by atoms with E-state index in [1.807, 2.05) is 4.90 Å². The number of aromatic nitrogens is 2. The van der Waals surface area contributed by atoms with Crippen molar-refractivity contribution < 1.29 is 36.3 Å². The van der Waals surface area contributed by atoms with Crippen LogP contribution in [0.5, 0.6) is 0 Å². The summed E-state index contributed by atoms with van der Waals surface area (Å²) in [7, 11) is -3.29. The third kappa shape index (κ3) is 6.34. The van der Waals surface area contributed by atoms with Crippen LogP contribution in [0.3, 0.4) is 0 Å². The second-order valence-electron chi connectivity index (χ2n) is 8.96. The zero-order valence-corrected chi connectivity index (χ0v) is 19.5. The van der Waals surface area contributed by atoms with Gasteiger partial charge < -0.3 is 15.3 Å². The summed E-state index contributed by atoms with van der Waals surface area (Å²) in [5.41, 5.74) is -0.590. The normalized spacial score (nSPS) is 25.5. The van der Waals surface area contributed by atoms with Crippen molar-refractivity contribution in [3.05, 3.63) is 18.5 Å². The van der Waals surface area contributed by atoms with Gasteiger partial charge in [-0.15, -0.1) is 0 Å². The number of alkyl halides is 3. The van der Waals surface area contributed by atoms with Crippen molar-refractivity contribution >= 4 is 27.8 Å². The van der Waals surface area contributed by atoms with E-state index < -0.39 is 27.6 Å². The third-order valence-electron chi connectivity index (χ3n) is 6.40. The Morgan fingerprint density at radius 1 is 1.24 bits per heavy atom. The van der Waals surface area contributed by atoms with Crippen LogP contribution in [0.25, 0.3) is 0 Å². The fourth-order valence-corrected chi connectivity index (χ4v) is 5.32. The Balaban J connectivity index is 0.000000406. The Bertz CT molecular complexity index is 990. The number of aliphatic carboxylic acids is 1. The molecule has 34 heavy (non-hydrogen) atoms. The molecule has 2 saturated heterocycles. The summed E-state index contributed by atoms with van der Waals surface area (Å²) in [4.78, 5) is 32.9. The number of carboxylic acid groups (broad SMARTS) is 1. The van der Waals surface area contributed by atoms with Crippen molar-refractivity contribution in [1.82, 2.24) is 19.6 Å².